The number of rotatable bonds is 7. The van der Waals surface area contributed by atoms with Gasteiger partial charge in [0.25, 0.3) is 0 Å². The zero-order valence-corrected chi connectivity index (χ0v) is 18.6. The van der Waals surface area contributed by atoms with Crippen molar-refractivity contribution in [3.05, 3.63) is 66.5 Å². The van der Waals surface area contributed by atoms with Crippen LogP contribution in [-0.4, -0.2) is 74.0 Å². The Kier molecular flexibility index (Phi) is 6.36. The molecule has 0 radical (unpaired) electrons. The smallest absolute Gasteiger partial charge is 0.225 e. The largest absolute Gasteiger partial charge is 0.382 e. The molecule has 4 rings (SSSR count). The molecular formula is C20H23F2N7O3S. The molecule has 1 aromatic carbocycles. The van der Waals surface area contributed by atoms with Crippen LogP contribution in [-0.2, 0) is 22.2 Å². The highest BCUT2D eigenvalue weighted by atomic mass is 32.2. The van der Waals surface area contributed by atoms with Gasteiger partial charge in [-0.05, 0) is 19.1 Å². The van der Waals surface area contributed by atoms with E-state index in [9.17, 15) is 22.3 Å². The van der Waals surface area contributed by atoms with Crippen LogP contribution in [0.4, 0.5) is 14.7 Å². The topological polar surface area (TPSA) is 117 Å². The number of halogens is 2. The fourth-order valence-corrected chi connectivity index (χ4v) is 5.72. The van der Waals surface area contributed by atoms with Gasteiger partial charge in [0.05, 0.1) is 6.54 Å². The van der Waals surface area contributed by atoms with E-state index in [2.05, 4.69) is 20.1 Å². The average molecular weight is 480 g/mol. The minimum Gasteiger partial charge on any atom is -0.382 e. The molecule has 1 saturated heterocycles. The molecule has 13 heteroatoms. The maximum absolute atomic E-state index is 14.7. The van der Waals surface area contributed by atoms with Gasteiger partial charge in [0.15, 0.2) is 0 Å². The molecule has 3 heterocycles. The van der Waals surface area contributed by atoms with Crippen LogP contribution in [0.5, 0.6) is 0 Å². The fourth-order valence-electron chi connectivity index (χ4n) is 3.90. The Balaban J connectivity index is 1.62. The van der Waals surface area contributed by atoms with Crippen LogP contribution in [0.2, 0.25) is 0 Å². The van der Waals surface area contributed by atoms with Crippen molar-refractivity contribution in [1.29, 1.82) is 0 Å². The molecule has 1 fully saturated rings. The second-order valence-corrected chi connectivity index (χ2v) is 10.0. The van der Waals surface area contributed by atoms with Gasteiger partial charge in [-0.15, -0.1) is 0 Å². The van der Waals surface area contributed by atoms with E-state index in [1.54, 1.807) is 18.5 Å². The Labute approximate surface area is 189 Å². The van der Waals surface area contributed by atoms with Crippen molar-refractivity contribution in [2.24, 2.45) is 0 Å². The molecule has 1 N–H and O–H groups in total. The van der Waals surface area contributed by atoms with E-state index in [0.29, 0.717) is 25.1 Å². The van der Waals surface area contributed by atoms with Crippen molar-refractivity contribution in [3.8, 4) is 0 Å². The lowest BCUT2D eigenvalue weighted by molar-refractivity contribution is 0.00953. The van der Waals surface area contributed by atoms with E-state index >= 15 is 0 Å². The molecule has 0 aliphatic carbocycles. The number of hydrogen-bond acceptors (Lipinski definition) is 8. The lowest BCUT2D eigenvalue weighted by Gasteiger charge is -2.40. The van der Waals surface area contributed by atoms with Gasteiger partial charge in [0.1, 0.15) is 35.1 Å². The van der Waals surface area contributed by atoms with Crippen LogP contribution in [0.1, 0.15) is 12.5 Å². The molecule has 3 aromatic rings. The summed E-state index contributed by atoms with van der Waals surface area (Å²) in [7, 11) is -4.11. The summed E-state index contributed by atoms with van der Waals surface area (Å²) in [6, 6.07) is 4.33. The molecule has 0 saturated carbocycles. The Morgan fingerprint density at radius 3 is 2.45 bits per heavy atom. The third-order valence-corrected chi connectivity index (χ3v) is 8.19. The molecule has 2 aromatic heterocycles. The third kappa shape index (κ3) is 4.56. The number of anilines is 1. The van der Waals surface area contributed by atoms with Crippen molar-refractivity contribution in [1.82, 2.24) is 29.0 Å². The summed E-state index contributed by atoms with van der Waals surface area (Å²) >= 11 is 0. The zero-order chi connectivity index (χ0) is 23.6. The fraction of sp³-hybridized carbons (Fsp3) is 0.400. The summed E-state index contributed by atoms with van der Waals surface area (Å²) in [6.07, 6.45) is 5.71. The lowest BCUT2D eigenvalue weighted by atomic mass is 9.90. The minimum absolute atomic E-state index is 0.135. The van der Waals surface area contributed by atoms with Gasteiger partial charge in [-0.2, -0.15) is 9.40 Å². The van der Waals surface area contributed by atoms with Crippen LogP contribution >= 0.6 is 0 Å². The molecule has 0 amide bonds. The monoisotopic (exact) mass is 479 g/mol. The average Bonchev–Trinajstić information content (AvgIpc) is 3.32. The maximum Gasteiger partial charge on any atom is 0.225 e. The van der Waals surface area contributed by atoms with Gasteiger partial charge in [0.2, 0.25) is 16.0 Å². The highest BCUT2D eigenvalue weighted by Gasteiger charge is 2.48. The Hall–Kier alpha value is -3.03. The van der Waals surface area contributed by atoms with Crippen LogP contribution in [0.15, 0.2) is 49.3 Å². The van der Waals surface area contributed by atoms with Crippen LogP contribution in [0, 0.1) is 11.6 Å². The lowest BCUT2D eigenvalue weighted by Crippen LogP contribution is -2.56. The van der Waals surface area contributed by atoms with E-state index < -0.39 is 39.1 Å². The van der Waals surface area contributed by atoms with Crippen molar-refractivity contribution < 1.29 is 22.3 Å². The van der Waals surface area contributed by atoms with Crippen LogP contribution in [0.3, 0.4) is 0 Å². The number of aromatic nitrogens is 5. The highest BCUT2D eigenvalue weighted by Crippen LogP contribution is 2.35. The van der Waals surface area contributed by atoms with E-state index in [-0.39, 0.29) is 18.7 Å². The summed E-state index contributed by atoms with van der Waals surface area (Å²) in [4.78, 5) is 14.0. The molecule has 1 aliphatic heterocycles. The predicted molar refractivity (Wildman–Crippen MR) is 114 cm³/mol. The van der Waals surface area contributed by atoms with Gasteiger partial charge in [-0.25, -0.2) is 36.8 Å². The predicted octanol–water partition coefficient (Wildman–Crippen LogP) is 0.775. The van der Waals surface area contributed by atoms with Crippen LogP contribution in [0.25, 0.3) is 0 Å². The number of nitrogens with zero attached hydrogens (tertiary/aromatic N) is 7. The van der Waals surface area contributed by atoms with E-state index in [1.165, 1.54) is 28.6 Å². The minimum atomic E-state index is -4.11. The van der Waals surface area contributed by atoms with Gasteiger partial charge >= 0.3 is 0 Å². The third-order valence-electron chi connectivity index (χ3n) is 5.82. The number of aliphatic hydroxyl groups is 1. The molecule has 0 unspecified atom stereocenters. The number of hydrogen-bond donors (Lipinski definition) is 1. The van der Waals surface area contributed by atoms with Gasteiger partial charge in [-0.1, -0.05) is 6.07 Å². The highest BCUT2D eigenvalue weighted by molar-refractivity contribution is 7.89. The first kappa shape index (κ1) is 23.1. The summed E-state index contributed by atoms with van der Waals surface area (Å²) in [5.74, 6) is -1.39. The van der Waals surface area contributed by atoms with Gasteiger partial charge < -0.3 is 10.0 Å². The second kappa shape index (κ2) is 9.08. The normalized spacial score (nSPS) is 18.1. The summed E-state index contributed by atoms with van der Waals surface area (Å²) in [6.45, 7) is 1.88. The molecule has 0 spiro atoms. The Morgan fingerprint density at radius 2 is 1.85 bits per heavy atom. The first-order valence-corrected chi connectivity index (χ1v) is 11.7. The number of benzene rings is 1. The van der Waals surface area contributed by atoms with Crippen molar-refractivity contribution >= 4 is 16.0 Å². The summed E-state index contributed by atoms with van der Waals surface area (Å²) in [5, 5.41) is 14.0. The van der Waals surface area contributed by atoms with Crippen molar-refractivity contribution in [2.75, 3.05) is 31.1 Å². The standard InChI is InChI=1S/C20H23F2N7O3S/c1-15(33(31,32)29-9-7-27(8-10-29)19-24-5-2-6-25-19)20(30,12-28-14-23-13-26-28)17-4-3-16(21)11-18(17)22/h2-6,11,13-15,30H,7-10,12H2,1H3/t15-,20-/m1/s1. The Bertz CT molecular complexity index is 1190. The van der Waals surface area contributed by atoms with Crippen LogP contribution < -0.4 is 4.90 Å². The maximum atomic E-state index is 14.7. The first-order valence-electron chi connectivity index (χ1n) is 10.2. The molecular weight excluding hydrogens is 456 g/mol. The molecule has 1 aliphatic rings. The van der Waals surface area contributed by atoms with Gasteiger partial charge in [0, 0.05) is 50.2 Å². The van der Waals surface area contributed by atoms with Crippen molar-refractivity contribution in [2.45, 2.75) is 24.3 Å². The summed E-state index contributed by atoms with van der Waals surface area (Å²) in [5.41, 5.74) is -2.59. The Morgan fingerprint density at radius 1 is 1.15 bits per heavy atom. The van der Waals surface area contributed by atoms with E-state index in [1.807, 2.05) is 4.90 Å². The van der Waals surface area contributed by atoms with E-state index in [0.717, 1.165) is 12.1 Å². The zero-order valence-electron chi connectivity index (χ0n) is 17.8. The quantitative estimate of drug-likeness (QED) is 0.528. The molecule has 0 bridgehead atoms. The SMILES string of the molecule is C[C@H]([C@](O)(Cn1cncn1)c1ccc(F)cc1F)S(=O)(=O)N1CCN(c2ncccn2)CC1. The second-order valence-electron chi connectivity index (χ2n) is 7.76. The molecule has 33 heavy (non-hydrogen) atoms. The first-order chi connectivity index (χ1) is 15.7. The van der Waals surface area contributed by atoms with Gasteiger partial charge in [-0.3, -0.25) is 0 Å². The molecule has 10 nitrogen and oxygen atoms in total. The van der Waals surface area contributed by atoms with E-state index in [4.69, 9.17) is 0 Å². The molecule has 176 valence electrons. The number of piperazine rings is 1. The molecule has 2 atom stereocenters. The summed E-state index contributed by atoms with van der Waals surface area (Å²) < 4.78 is 57.8. The number of sulfonamides is 1. The van der Waals surface area contributed by atoms with Crippen molar-refractivity contribution in [3.63, 3.8) is 0 Å².